The number of hydrogen-bond donors (Lipinski definition) is 1. The van der Waals surface area contributed by atoms with Crippen LogP contribution in [0, 0.1) is 0 Å². The van der Waals surface area contributed by atoms with Gasteiger partial charge in [0.15, 0.2) is 0 Å². The summed E-state index contributed by atoms with van der Waals surface area (Å²) in [6.45, 7) is 0.253. The molecule has 1 N–H and O–H groups in total. The molecule has 0 atom stereocenters. The van der Waals surface area contributed by atoms with Gasteiger partial charge in [-0.1, -0.05) is 0 Å². The van der Waals surface area contributed by atoms with Crippen LogP contribution in [0.1, 0.15) is 6.42 Å². The van der Waals surface area contributed by atoms with Crippen LogP contribution in [0.3, 0.4) is 0 Å². The van der Waals surface area contributed by atoms with E-state index in [9.17, 15) is 0 Å². The molecule has 0 amide bonds. The van der Waals surface area contributed by atoms with Gasteiger partial charge < -0.3 is 0 Å². The molecule has 0 unspecified atom stereocenters. The van der Waals surface area contributed by atoms with Crippen molar-refractivity contribution in [2.45, 2.75) is 6.42 Å². The molecule has 1 nitrogen and oxygen atoms in total. The summed E-state index contributed by atoms with van der Waals surface area (Å²) in [4.78, 5) is 0. The van der Waals surface area contributed by atoms with Crippen LogP contribution in [0.2, 0.25) is 0 Å². The van der Waals surface area contributed by atoms with Gasteiger partial charge in [0.1, 0.15) is 0 Å². The SMILES string of the molecule is OCCCP(=[Se])(c1ccccc1)c1ccccc1. The van der Waals surface area contributed by atoms with Gasteiger partial charge in [-0.2, -0.15) is 0 Å². The van der Waals surface area contributed by atoms with E-state index in [1.54, 1.807) is 0 Å². The maximum absolute atomic E-state index is 9.13. The molecule has 0 bridgehead atoms. The summed E-state index contributed by atoms with van der Waals surface area (Å²) < 4.78 is 0. The predicted molar refractivity (Wildman–Crippen MR) is 81.4 cm³/mol. The van der Waals surface area contributed by atoms with Crippen LogP contribution < -0.4 is 10.6 Å². The summed E-state index contributed by atoms with van der Waals surface area (Å²) in [5.41, 5.74) is -1.48. The Morgan fingerprint density at radius 3 is 1.67 bits per heavy atom. The van der Waals surface area contributed by atoms with E-state index in [1.165, 1.54) is 10.6 Å². The van der Waals surface area contributed by atoms with Crippen molar-refractivity contribution < 1.29 is 5.11 Å². The first kappa shape index (κ1) is 13.8. The Morgan fingerprint density at radius 2 is 1.28 bits per heavy atom. The molecule has 3 heteroatoms. The first-order valence-electron chi connectivity index (χ1n) is 6.08. The number of benzene rings is 2. The van der Waals surface area contributed by atoms with Gasteiger partial charge in [-0.15, -0.1) is 0 Å². The third kappa shape index (κ3) is 3.02. The molecule has 0 saturated heterocycles. The Balaban J connectivity index is 2.45. The Hall–Kier alpha value is -0.651. The molecule has 0 spiro atoms. The van der Waals surface area contributed by atoms with E-state index < -0.39 is 5.51 Å². The third-order valence-electron chi connectivity index (χ3n) is 2.98. The number of rotatable bonds is 5. The Morgan fingerprint density at radius 1 is 0.833 bits per heavy atom. The summed E-state index contributed by atoms with van der Waals surface area (Å²) in [7, 11) is 0. The summed E-state index contributed by atoms with van der Waals surface area (Å²) in [6.07, 6.45) is 1.85. The quantitative estimate of drug-likeness (QED) is 0.660. The molecule has 0 aliphatic carbocycles. The first-order chi connectivity index (χ1) is 8.77. The van der Waals surface area contributed by atoms with Gasteiger partial charge in [0.2, 0.25) is 0 Å². The molecule has 2 aromatic rings. The van der Waals surface area contributed by atoms with Gasteiger partial charge in [0.05, 0.1) is 0 Å². The molecule has 18 heavy (non-hydrogen) atoms. The number of aliphatic hydroxyl groups excluding tert-OH is 1. The zero-order valence-electron chi connectivity index (χ0n) is 10.2. The van der Waals surface area contributed by atoms with Crippen LogP contribution in [-0.4, -0.2) is 33.0 Å². The average Bonchev–Trinajstić information content (AvgIpc) is 2.46. The van der Waals surface area contributed by atoms with E-state index in [0.717, 1.165) is 12.6 Å². The van der Waals surface area contributed by atoms with E-state index >= 15 is 0 Å². The minimum atomic E-state index is -1.48. The van der Waals surface area contributed by atoms with Crippen LogP contribution in [0.15, 0.2) is 60.7 Å². The minimum absolute atomic E-state index is 0.253. The maximum atomic E-state index is 9.13. The van der Waals surface area contributed by atoms with E-state index in [2.05, 4.69) is 63.6 Å². The van der Waals surface area contributed by atoms with Crippen LogP contribution in [0.25, 0.3) is 0 Å². The molecule has 0 heterocycles. The van der Waals surface area contributed by atoms with Crippen LogP contribution in [0.4, 0.5) is 0 Å². The standard InChI is InChI=1S/C15H17OPSe/c16-12-7-13-17(18,14-8-3-1-4-9-14)15-10-5-2-6-11-15/h1-6,8-11,16H,7,12-13H2. The molecule has 0 saturated carbocycles. The van der Waals surface area contributed by atoms with Gasteiger partial charge in [-0.05, 0) is 0 Å². The summed E-state index contributed by atoms with van der Waals surface area (Å²) in [6, 6.07) is 21.2. The Labute approximate surface area is 116 Å². The van der Waals surface area contributed by atoms with Crippen molar-refractivity contribution in [2.75, 3.05) is 12.8 Å². The van der Waals surface area contributed by atoms with Crippen molar-refractivity contribution >= 4 is 31.2 Å². The van der Waals surface area contributed by atoms with E-state index in [-0.39, 0.29) is 6.61 Å². The van der Waals surface area contributed by atoms with Crippen molar-refractivity contribution in [3.63, 3.8) is 0 Å². The zero-order chi connectivity index (χ0) is 12.8. The van der Waals surface area contributed by atoms with Crippen molar-refractivity contribution in [1.29, 1.82) is 0 Å². The molecule has 2 rings (SSSR count). The van der Waals surface area contributed by atoms with E-state index in [4.69, 9.17) is 5.11 Å². The van der Waals surface area contributed by atoms with E-state index in [1.807, 2.05) is 12.1 Å². The average molecular weight is 323 g/mol. The second kappa shape index (κ2) is 6.50. The number of aliphatic hydroxyl groups is 1. The van der Waals surface area contributed by atoms with Crippen molar-refractivity contribution in [3.05, 3.63) is 60.7 Å². The topological polar surface area (TPSA) is 20.2 Å². The fraction of sp³-hybridized carbons (Fsp3) is 0.200. The molecule has 0 fully saturated rings. The fourth-order valence-corrected chi connectivity index (χ4v) is 7.09. The second-order valence-electron chi connectivity index (χ2n) is 4.21. The molecular formula is C15H17OPSe. The van der Waals surface area contributed by atoms with Crippen molar-refractivity contribution in [2.24, 2.45) is 0 Å². The first-order valence-corrected chi connectivity index (χ1v) is 10.3. The normalized spacial score (nSPS) is 11.4. The van der Waals surface area contributed by atoms with Gasteiger partial charge in [0, 0.05) is 0 Å². The summed E-state index contributed by atoms with van der Waals surface area (Å²) in [5, 5.41) is 11.9. The second-order valence-corrected chi connectivity index (χ2v) is 11.1. The van der Waals surface area contributed by atoms with Gasteiger partial charge in [-0.25, -0.2) is 0 Å². The molecule has 0 aliphatic rings. The molecule has 0 radical (unpaired) electrons. The summed E-state index contributed by atoms with van der Waals surface area (Å²) >= 11 is 3.46. The predicted octanol–water partition coefficient (Wildman–Crippen LogP) is 2.12. The molecular weight excluding hydrogens is 306 g/mol. The molecule has 94 valence electrons. The van der Waals surface area contributed by atoms with Gasteiger partial charge >= 0.3 is 116 Å². The zero-order valence-corrected chi connectivity index (χ0v) is 12.8. The summed E-state index contributed by atoms with van der Waals surface area (Å²) in [5.74, 6) is 0. The van der Waals surface area contributed by atoms with Crippen LogP contribution >= 0.6 is 5.51 Å². The van der Waals surface area contributed by atoms with Gasteiger partial charge in [0.25, 0.3) is 0 Å². The Kier molecular flexibility index (Phi) is 4.97. The fourth-order valence-electron chi connectivity index (χ4n) is 2.04. The van der Waals surface area contributed by atoms with Crippen LogP contribution in [0.5, 0.6) is 0 Å². The molecule has 2 aromatic carbocycles. The van der Waals surface area contributed by atoms with Crippen LogP contribution in [-0.2, 0) is 0 Å². The molecule has 0 aliphatic heterocycles. The number of hydrogen-bond acceptors (Lipinski definition) is 1. The monoisotopic (exact) mass is 324 g/mol. The third-order valence-corrected chi connectivity index (χ3v) is 9.99. The molecule has 0 aromatic heterocycles. The van der Waals surface area contributed by atoms with E-state index in [0.29, 0.717) is 0 Å². The van der Waals surface area contributed by atoms with Gasteiger partial charge in [-0.3, -0.25) is 0 Å². The van der Waals surface area contributed by atoms with Crippen molar-refractivity contribution in [1.82, 2.24) is 0 Å². The Bertz CT molecular complexity index is 481. The van der Waals surface area contributed by atoms with Crippen molar-refractivity contribution in [3.8, 4) is 0 Å².